The van der Waals surface area contributed by atoms with Crippen LogP contribution in [0.3, 0.4) is 0 Å². The van der Waals surface area contributed by atoms with Crippen molar-refractivity contribution in [2.24, 2.45) is 11.3 Å². The summed E-state index contributed by atoms with van der Waals surface area (Å²) < 4.78 is 2.31. The smallest absolute Gasteiger partial charge is 0.317 e. The zero-order chi connectivity index (χ0) is 26.0. The molecular formula is C32H46N4O2. The molecule has 1 N–H and O–H groups in total. The molecule has 0 radical (unpaired) electrons. The molecule has 5 aliphatic rings. The molecule has 0 amide bonds. The van der Waals surface area contributed by atoms with Gasteiger partial charge < -0.3 is 10.0 Å². The summed E-state index contributed by atoms with van der Waals surface area (Å²) in [6.45, 7) is 6.60. The molecule has 2 bridgehead atoms. The zero-order valence-electron chi connectivity index (χ0n) is 23.1. The van der Waals surface area contributed by atoms with Crippen LogP contribution in [0.4, 0.5) is 0 Å². The van der Waals surface area contributed by atoms with Crippen molar-refractivity contribution in [2.45, 2.75) is 89.5 Å². The molecule has 5 fully saturated rings. The van der Waals surface area contributed by atoms with E-state index in [1.165, 1.54) is 106 Å². The fraction of sp³-hybridized carbons (Fsp3) is 0.688. The molecule has 1 saturated carbocycles. The maximum Gasteiger partial charge on any atom is 0.317 e. The van der Waals surface area contributed by atoms with Crippen LogP contribution in [0.5, 0.6) is 0 Å². The molecular weight excluding hydrogens is 472 g/mol. The van der Waals surface area contributed by atoms with Gasteiger partial charge in [-0.15, -0.1) is 0 Å². The second-order valence-corrected chi connectivity index (χ2v) is 12.8. The van der Waals surface area contributed by atoms with Crippen molar-refractivity contribution in [2.75, 3.05) is 39.3 Å². The van der Waals surface area contributed by atoms with Crippen molar-refractivity contribution in [1.82, 2.24) is 19.6 Å². The van der Waals surface area contributed by atoms with E-state index in [0.717, 1.165) is 38.4 Å². The van der Waals surface area contributed by atoms with E-state index >= 15 is 0 Å². The Labute approximate surface area is 228 Å². The van der Waals surface area contributed by atoms with Crippen molar-refractivity contribution in [3.8, 4) is 0 Å². The van der Waals surface area contributed by atoms with E-state index in [1.807, 2.05) is 0 Å². The van der Waals surface area contributed by atoms with Gasteiger partial charge in [-0.3, -0.25) is 14.4 Å². The molecule has 7 rings (SSSR count). The van der Waals surface area contributed by atoms with Gasteiger partial charge in [-0.05, 0) is 101 Å². The average Bonchev–Trinajstić information content (AvgIpc) is 3.31. The number of carbonyl (C=O) groups is 1. The highest BCUT2D eigenvalue weighted by molar-refractivity contribution is 5.85. The van der Waals surface area contributed by atoms with E-state index < -0.39 is 5.97 Å². The zero-order valence-corrected chi connectivity index (χ0v) is 23.1. The third-order valence-corrected chi connectivity index (χ3v) is 10.3. The number of benzene rings is 1. The van der Waals surface area contributed by atoms with Crippen LogP contribution in [0.1, 0.15) is 94.2 Å². The number of allylic oxidation sites excluding steroid dienone is 1. The molecule has 1 aliphatic carbocycles. The van der Waals surface area contributed by atoms with E-state index in [0.29, 0.717) is 11.3 Å². The SMILES string of the molecule is O=C(O)CN1CCC(c2nn(CCCC3CCCCC3)c3cc(C=CC45CCN(CC4)CC5)ccc23)CC1. The van der Waals surface area contributed by atoms with Crippen LogP contribution in [-0.4, -0.2) is 69.9 Å². The fourth-order valence-corrected chi connectivity index (χ4v) is 7.73. The second kappa shape index (κ2) is 11.5. The van der Waals surface area contributed by atoms with Crippen LogP contribution in [0.25, 0.3) is 17.0 Å². The van der Waals surface area contributed by atoms with Crippen molar-refractivity contribution in [1.29, 1.82) is 0 Å². The standard InChI is InChI=1S/C32H46N4O2/c37-30(38)24-35-18-11-27(12-19-35)31-28-9-8-26(10-13-32-14-20-34(21-15-32)22-16-32)23-29(28)36(33-31)17-4-7-25-5-2-1-3-6-25/h8-10,13,23,25,27H,1-7,11-12,14-22,24H2,(H,37,38). The molecule has 206 valence electrons. The third-order valence-electron chi connectivity index (χ3n) is 10.3. The largest absolute Gasteiger partial charge is 0.480 e. The number of carboxylic acids is 1. The Balaban J connectivity index is 1.21. The predicted molar refractivity (Wildman–Crippen MR) is 153 cm³/mol. The summed E-state index contributed by atoms with van der Waals surface area (Å²) in [5, 5.41) is 15.8. The number of aromatic nitrogens is 2. The minimum Gasteiger partial charge on any atom is -0.480 e. The molecule has 5 heterocycles. The lowest BCUT2D eigenvalue weighted by molar-refractivity contribution is -0.138. The number of likely N-dealkylation sites (tertiary alicyclic amines) is 1. The quantitative estimate of drug-likeness (QED) is 0.431. The van der Waals surface area contributed by atoms with Gasteiger partial charge in [0.25, 0.3) is 0 Å². The van der Waals surface area contributed by atoms with Crippen LogP contribution in [0.2, 0.25) is 0 Å². The summed E-state index contributed by atoms with van der Waals surface area (Å²) in [5.74, 6) is 0.591. The Bertz CT molecular complexity index is 1120. The Kier molecular flexibility index (Phi) is 7.90. The molecule has 4 saturated heterocycles. The van der Waals surface area contributed by atoms with E-state index in [4.69, 9.17) is 5.10 Å². The maximum absolute atomic E-state index is 11.2. The molecule has 0 spiro atoms. The van der Waals surface area contributed by atoms with Gasteiger partial charge in [0.05, 0.1) is 17.8 Å². The minimum atomic E-state index is -0.727. The number of carboxylic acid groups (broad SMARTS) is 1. The first-order chi connectivity index (χ1) is 18.6. The lowest BCUT2D eigenvalue weighted by Gasteiger charge is -2.47. The molecule has 6 nitrogen and oxygen atoms in total. The van der Waals surface area contributed by atoms with Gasteiger partial charge in [0.2, 0.25) is 0 Å². The van der Waals surface area contributed by atoms with Crippen molar-refractivity contribution < 1.29 is 9.90 Å². The van der Waals surface area contributed by atoms with Gasteiger partial charge in [0, 0.05) is 17.8 Å². The molecule has 0 unspecified atom stereocenters. The fourth-order valence-electron chi connectivity index (χ4n) is 7.73. The molecule has 1 aromatic carbocycles. The van der Waals surface area contributed by atoms with Crippen molar-refractivity contribution in [3.63, 3.8) is 0 Å². The Morgan fingerprint density at radius 3 is 2.45 bits per heavy atom. The van der Waals surface area contributed by atoms with E-state index in [1.54, 1.807) is 0 Å². The van der Waals surface area contributed by atoms with E-state index in [2.05, 4.69) is 44.8 Å². The Morgan fingerprint density at radius 2 is 1.74 bits per heavy atom. The summed E-state index contributed by atoms with van der Waals surface area (Å²) in [5.41, 5.74) is 4.23. The number of nitrogens with zero attached hydrogens (tertiary/aromatic N) is 4. The van der Waals surface area contributed by atoms with E-state index in [9.17, 15) is 9.90 Å². The topological polar surface area (TPSA) is 61.6 Å². The van der Waals surface area contributed by atoms with Gasteiger partial charge in [-0.25, -0.2) is 0 Å². The molecule has 1 aromatic heterocycles. The Morgan fingerprint density at radius 1 is 1.00 bits per heavy atom. The number of fused-ring (bicyclic) bond motifs is 4. The lowest BCUT2D eigenvalue weighted by Crippen LogP contribution is -2.47. The van der Waals surface area contributed by atoms with Crippen LogP contribution in [0.15, 0.2) is 24.3 Å². The predicted octanol–water partition coefficient (Wildman–Crippen LogP) is 6.16. The second-order valence-electron chi connectivity index (χ2n) is 12.8. The molecule has 0 atom stereocenters. The number of rotatable bonds is 9. The highest BCUT2D eigenvalue weighted by Crippen LogP contribution is 2.42. The first-order valence-electron chi connectivity index (χ1n) is 15.4. The first kappa shape index (κ1) is 26.1. The van der Waals surface area contributed by atoms with Crippen molar-refractivity contribution >= 4 is 22.9 Å². The summed E-state index contributed by atoms with van der Waals surface area (Å²) in [4.78, 5) is 15.9. The maximum atomic E-state index is 11.2. The highest BCUT2D eigenvalue weighted by atomic mass is 16.4. The number of hydrogen-bond acceptors (Lipinski definition) is 4. The van der Waals surface area contributed by atoms with Gasteiger partial charge >= 0.3 is 5.97 Å². The number of aliphatic carboxylic acids is 1. The van der Waals surface area contributed by atoms with Crippen molar-refractivity contribution in [3.05, 3.63) is 35.5 Å². The minimum absolute atomic E-state index is 0.151. The van der Waals surface area contributed by atoms with Crippen LogP contribution in [-0.2, 0) is 11.3 Å². The summed E-state index contributed by atoms with van der Waals surface area (Å²) >= 11 is 0. The van der Waals surface area contributed by atoms with Crippen LogP contribution >= 0.6 is 0 Å². The summed E-state index contributed by atoms with van der Waals surface area (Å²) in [6, 6.07) is 7.00. The molecule has 6 heteroatoms. The van der Waals surface area contributed by atoms with Gasteiger partial charge in [0.15, 0.2) is 0 Å². The lowest BCUT2D eigenvalue weighted by atomic mass is 9.72. The average molecular weight is 519 g/mol. The monoisotopic (exact) mass is 518 g/mol. The molecule has 2 aromatic rings. The summed E-state index contributed by atoms with van der Waals surface area (Å²) in [6.07, 6.45) is 20.4. The third kappa shape index (κ3) is 5.86. The van der Waals surface area contributed by atoms with Crippen LogP contribution < -0.4 is 0 Å². The van der Waals surface area contributed by atoms with Gasteiger partial charge in [-0.1, -0.05) is 56.4 Å². The summed E-state index contributed by atoms with van der Waals surface area (Å²) in [7, 11) is 0. The Hall–Kier alpha value is -2.18. The number of aryl methyl sites for hydroxylation is 1. The number of piperidine rings is 4. The normalized spacial score (nSPS) is 27.5. The first-order valence-corrected chi connectivity index (χ1v) is 15.4. The van der Waals surface area contributed by atoms with Crippen LogP contribution in [0, 0.1) is 11.3 Å². The molecule has 38 heavy (non-hydrogen) atoms. The molecule has 4 aliphatic heterocycles. The highest BCUT2D eigenvalue weighted by Gasteiger charge is 2.37. The van der Waals surface area contributed by atoms with E-state index in [-0.39, 0.29) is 6.54 Å². The number of hydrogen-bond donors (Lipinski definition) is 1. The van der Waals surface area contributed by atoms with Gasteiger partial charge in [-0.2, -0.15) is 5.10 Å². The van der Waals surface area contributed by atoms with Gasteiger partial charge in [0.1, 0.15) is 0 Å².